The molecule has 1 amide bonds. The predicted octanol–water partition coefficient (Wildman–Crippen LogP) is 5.33. The zero-order valence-electron chi connectivity index (χ0n) is 17.2. The number of sulfonamides is 1. The summed E-state index contributed by atoms with van der Waals surface area (Å²) in [5.74, 6) is -1.90. The molecule has 0 saturated carbocycles. The van der Waals surface area contributed by atoms with Gasteiger partial charge in [-0.25, -0.2) is 8.42 Å². The SMILES string of the molecule is O=C(N=Nc1cc(NS(=O)(=O)c2ccc(Cl)cc2)c2ccccc2c1O)c1cc(O)cc(O)c1. The Hall–Kier alpha value is -4.15. The van der Waals surface area contributed by atoms with Gasteiger partial charge in [0, 0.05) is 21.9 Å². The Bertz CT molecular complexity index is 1530. The molecule has 4 rings (SSSR count). The molecule has 4 aromatic rings. The third-order valence-electron chi connectivity index (χ3n) is 4.76. The van der Waals surface area contributed by atoms with E-state index < -0.39 is 15.9 Å². The van der Waals surface area contributed by atoms with E-state index in [1.807, 2.05) is 0 Å². The number of carbonyl (C=O) groups excluding carboxylic acids is 1. The molecule has 11 heteroatoms. The van der Waals surface area contributed by atoms with Gasteiger partial charge in [-0.2, -0.15) is 0 Å². The van der Waals surface area contributed by atoms with Crippen LogP contribution in [0.3, 0.4) is 0 Å². The molecular formula is C23H16ClN3O6S. The molecule has 0 aliphatic carbocycles. The maximum atomic E-state index is 12.9. The van der Waals surface area contributed by atoms with Crippen molar-refractivity contribution in [3.63, 3.8) is 0 Å². The van der Waals surface area contributed by atoms with Crippen LogP contribution >= 0.6 is 11.6 Å². The molecule has 0 atom stereocenters. The van der Waals surface area contributed by atoms with Crippen molar-refractivity contribution in [3.05, 3.63) is 83.4 Å². The first-order valence-corrected chi connectivity index (χ1v) is 11.5. The number of fused-ring (bicyclic) bond motifs is 1. The molecular weight excluding hydrogens is 482 g/mol. The number of nitrogens with one attached hydrogen (secondary N) is 1. The van der Waals surface area contributed by atoms with E-state index in [1.165, 1.54) is 30.3 Å². The Morgan fingerprint density at radius 3 is 2.12 bits per heavy atom. The van der Waals surface area contributed by atoms with E-state index in [0.29, 0.717) is 10.4 Å². The number of aromatic hydroxyl groups is 3. The standard InChI is InChI=1S/C23H16ClN3O6S/c24-14-5-7-17(8-6-14)34(32,33)27-20-12-21(22(30)19-4-2-1-3-18(19)20)25-26-23(31)13-9-15(28)11-16(29)10-13/h1-12,27-30H. The molecule has 172 valence electrons. The second kappa shape index (κ2) is 9.00. The quantitative estimate of drug-likeness (QED) is 0.216. The normalized spacial score (nSPS) is 11.7. The van der Waals surface area contributed by atoms with Gasteiger partial charge in [0.2, 0.25) is 0 Å². The van der Waals surface area contributed by atoms with Crippen molar-refractivity contribution in [2.75, 3.05) is 4.72 Å². The van der Waals surface area contributed by atoms with Gasteiger partial charge in [-0.15, -0.1) is 10.2 Å². The van der Waals surface area contributed by atoms with Crippen molar-refractivity contribution in [1.82, 2.24) is 0 Å². The summed E-state index contributed by atoms with van der Waals surface area (Å²) in [6.07, 6.45) is 0. The van der Waals surface area contributed by atoms with Gasteiger partial charge in [-0.05, 0) is 42.5 Å². The first-order valence-electron chi connectivity index (χ1n) is 9.66. The highest BCUT2D eigenvalue weighted by Gasteiger charge is 2.19. The molecule has 0 aliphatic heterocycles. The zero-order chi connectivity index (χ0) is 24.5. The van der Waals surface area contributed by atoms with Crippen molar-refractivity contribution in [1.29, 1.82) is 0 Å². The minimum atomic E-state index is -4.02. The van der Waals surface area contributed by atoms with Crippen molar-refractivity contribution in [3.8, 4) is 17.2 Å². The summed E-state index contributed by atoms with van der Waals surface area (Å²) in [5.41, 5.74) is -0.213. The predicted molar refractivity (Wildman–Crippen MR) is 126 cm³/mol. The monoisotopic (exact) mass is 497 g/mol. The van der Waals surface area contributed by atoms with Gasteiger partial charge in [0.1, 0.15) is 17.2 Å². The lowest BCUT2D eigenvalue weighted by Crippen LogP contribution is -2.13. The molecule has 4 aromatic carbocycles. The summed E-state index contributed by atoms with van der Waals surface area (Å²) in [6.45, 7) is 0. The highest BCUT2D eigenvalue weighted by Crippen LogP contribution is 2.40. The van der Waals surface area contributed by atoms with Crippen LogP contribution in [0.2, 0.25) is 5.02 Å². The lowest BCUT2D eigenvalue weighted by Gasteiger charge is -2.13. The van der Waals surface area contributed by atoms with Crippen LogP contribution in [-0.4, -0.2) is 29.6 Å². The van der Waals surface area contributed by atoms with Crippen molar-refractivity contribution in [2.24, 2.45) is 10.2 Å². The van der Waals surface area contributed by atoms with Crippen molar-refractivity contribution in [2.45, 2.75) is 4.90 Å². The van der Waals surface area contributed by atoms with Crippen LogP contribution in [0.15, 0.2) is 87.9 Å². The summed E-state index contributed by atoms with van der Waals surface area (Å²) in [7, 11) is -4.02. The Labute approximate surface area is 198 Å². The number of hydrogen-bond donors (Lipinski definition) is 4. The van der Waals surface area contributed by atoms with Gasteiger partial charge < -0.3 is 15.3 Å². The summed E-state index contributed by atoms with van der Waals surface area (Å²) in [4.78, 5) is 12.3. The second-order valence-corrected chi connectivity index (χ2v) is 9.26. The van der Waals surface area contributed by atoms with Crippen LogP contribution in [0, 0.1) is 0 Å². The fraction of sp³-hybridized carbons (Fsp3) is 0. The molecule has 0 aromatic heterocycles. The van der Waals surface area contributed by atoms with Crippen LogP contribution in [-0.2, 0) is 10.0 Å². The lowest BCUT2D eigenvalue weighted by molar-refractivity contribution is 0.0994. The number of hydrogen-bond acceptors (Lipinski definition) is 7. The van der Waals surface area contributed by atoms with Gasteiger partial charge in [0.25, 0.3) is 15.9 Å². The summed E-state index contributed by atoms with van der Waals surface area (Å²) in [6, 6.07) is 16.5. The number of azo groups is 1. The van der Waals surface area contributed by atoms with Gasteiger partial charge in [-0.1, -0.05) is 35.9 Å². The molecule has 0 spiro atoms. The number of phenolic OH excluding ortho intramolecular Hbond substituents is 3. The fourth-order valence-electron chi connectivity index (χ4n) is 3.20. The fourth-order valence-corrected chi connectivity index (χ4v) is 4.40. The van der Waals surface area contributed by atoms with Crippen LogP contribution < -0.4 is 4.72 Å². The third-order valence-corrected chi connectivity index (χ3v) is 6.40. The summed E-state index contributed by atoms with van der Waals surface area (Å²) in [5, 5.41) is 38.1. The first-order chi connectivity index (χ1) is 16.1. The lowest BCUT2D eigenvalue weighted by atomic mass is 10.1. The molecule has 0 saturated heterocycles. The second-order valence-electron chi connectivity index (χ2n) is 7.14. The Balaban J connectivity index is 1.75. The molecule has 0 heterocycles. The van der Waals surface area contributed by atoms with E-state index in [9.17, 15) is 28.5 Å². The van der Waals surface area contributed by atoms with Crippen LogP contribution in [0.25, 0.3) is 10.8 Å². The van der Waals surface area contributed by atoms with Gasteiger partial charge in [-0.3, -0.25) is 9.52 Å². The number of halogens is 1. The Kier molecular flexibility index (Phi) is 6.10. The molecule has 0 radical (unpaired) electrons. The third kappa shape index (κ3) is 4.77. The molecule has 0 fully saturated rings. The smallest absolute Gasteiger partial charge is 0.295 e. The number of anilines is 1. The number of carbonyl (C=O) groups is 1. The van der Waals surface area contributed by atoms with Crippen LogP contribution in [0.4, 0.5) is 11.4 Å². The molecule has 34 heavy (non-hydrogen) atoms. The average molecular weight is 498 g/mol. The van der Waals surface area contributed by atoms with E-state index in [2.05, 4.69) is 15.0 Å². The van der Waals surface area contributed by atoms with E-state index in [0.717, 1.165) is 18.2 Å². The van der Waals surface area contributed by atoms with E-state index >= 15 is 0 Å². The summed E-state index contributed by atoms with van der Waals surface area (Å²) < 4.78 is 28.3. The van der Waals surface area contributed by atoms with E-state index in [4.69, 9.17) is 11.6 Å². The molecule has 9 nitrogen and oxygen atoms in total. The maximum absolute atomic E-state index is 12.9. The number of amides is 1. The number of rotatable bonds is 5. The molecule has 4 N–H and O–H groups in total. The Morgan fingerprint density at radius 1 is 0.853 bits per heavy atom. The topological polar surface area (TPSA) is 149 Å². The van der Waals surface area contributed by atoms with Crippen molar-refractivity contribution >= 4 is 49.7 Å². The molecule has 0 bridgehead atoms. The van der Waals surface area contributed by atoms with E-state index in [-0.39, 0.29) is 44.5 Å². The largest absolute Gasteiger partial charge is 0.508 e. The Morgan fingerprint density at radius 2 is 1.47 bits per heavy atom. The van der Waals surface area contributed by atoms with Gasteiger partial charge >= 0.3 is 0 Å². The minimum absolute atomic E-state index is 0.0314. The highest BCUT2D eigenvalue weighted by molar-refractivity contribution is 7.92. The zero-order valence-corrected chi connectivity index (χ0v) is 18.7. The van der Waals surface area contributed by atoms with Crippen LogP contribution in [0.5, 0.6) is 17.2 Å². The van der Waals surface area contributed by atoms with Crippen LogP contribution in [0.1, 0.15) is 10.4 Å². The minimum Gasteiger partial charge on any atom is -0.508 e. The van der Waals surface area contributed by atoms with Crippen molar-refractivity contribution < 1.29 is 28.5 Å². The summed E-state index contributed by atoms with van der Waals surface area (Å²) >= 11 is 5.84. The first kappa shape index (κ1) is 23.0. The number of phenols is 3. The molecule has 0 unspecified atom stereocenters. The molecule has 0 aliphatic rings. The van der Waals surface area contributed by atoms with E-state index in [1.54, 1.807) is 24.3 Å². The number of nitrogens with zero attached hydrogens (tertiary/aromatic N) is 2. The van der Waals surface area contributed by atoms with Gasteiger partial charge in [0.15, 0.2) is 5.75 Å². The highest BCUT2D eigenvalue weighted by atomic mass is 35.5. The number of benzene rings is 4. The maximum Gasteiger partial charge on any atom is 0.295 e. The van der Waals surface area contributed by atoms with Gasteiger partial charge in [0.05, 0.1) is 16.1 Å². The average Bonchev–Trinajstić information content (AvgIpc) is 2.79.